The second-order valence-electron chi connectivity index (χ2n) is 5.52. The van der Waals surface area contributed by atoms with Crippen LogP contribution in [0.5, 0.6) is 5.75 Å². The summed E-state index contributed by atoms with van der Waals surface area (Å²) in [5.41, 5.74) is 8.39. The van der Waals surface area contributed by atoms with Crippen LogP contribution in [0, 0.1) is 0 Å². The lowest BCUT2D eigenvalue weighted by molar-refractivity contribution is 0.475. The molecular formula is C17H19N5OS. The molecule has 0 aliphatic rings. The highest BCUT2D eigenvalue weighted by Gasteiger charge is 2.18. The first kappa shape index (κ1) is 16.2. The molecule has 0 saturated heterocycles. The van der Waals surface area contributed by atoms with Crippen LogP contribution in [0.2, 0.25) is 0 Å². The van der Waals surface area contributed by atoms with E-state index in [1.54, 1.807) is 24.4 Å². The van der Waals surface area contributed by atoms with Crippen molar-refractivity contribution in [2.24, 2.45) is 0 Å². The van der Waals surface area contributed by atoms with Gasteiger partial charge < -0.3 is 16.2 Å². The van der Waals surface area contributed by atoms with Gasteiger partial charge in [-0.05, 0) is 30.5 Å². The Morgan fingerprint density at radius 1 is 1.29 bits per heavy atom. The first-order valence-corrected chi connectivity index (χ1v) is 8.54. The van der Waals surface area contributed by atoms with Gasteiger partial charge >= 0.3 is 0 Å². The quantitative estimate of drug-likeness (QED) is 0.645. The fourth-order valence-electron chi connectivity index (χ4n) is 2.32. The van der Waals surface area contributed by atoms with E-state index >= 15 is 0 Å². The minimum Gasteiger partial charge on any atom is -0.508 e. The number of benzene rings is 1. The minimum absolute atomic E-state index is 0.186. The third-order valence-electron chi connectivity index (χ3n) is 3.74. The molecule has 1 aromatic carbocycles. The molecule has 24 heavy (non-hydrogen) atoms. The summed E-state index contributed by atoms with van der Waals surface area (Å²) in [6.07, 6.45) is 2.68. The van der Waals surface area contributed by atoms with E-state index in [-0.39, 0.29) is 5.75 Å². The number of phenols is 1. The number of aromatic nitrogens is 3. The topological polar surface area (TPSA) is 97.0 Å². The minimum atomic E-state index is 0.186. The average Bonchev–Trinajstić information content (AvgIpc) is 2.96. The molecule has 124 valence electrons. The maximum atomic E-state index is 9.55. The van der Waals surface area contributed by atoms with E-state index in [4.69, 9.17) is 5.73 Å². The van der Waals surface area contributed by atoms with Crippen molar-refractivity contribution in [3.05, 3.63) is 42.2 Å². The number of hydrogen-bond acceptors (Lipinski definition) is 7. The van der Waals surface area contributed by atoms with Gasteiger partial charge in [-0.15, -0.1) is 0 Å². The Labute approximate surface area is 144 Å². The van der Waals surface area contributed by atoms with Gasteiger partial charge in [0.05, 0.1) is 16.3 Å². The maximum Gasteiger partial charge on any atom is 0.227 e. The van der Waals surface area contributed by atoms with Crippen LogP contribution in [0.4, 0.5) is 16.8 Å². The number of hydrogen-bond donors (Lipinski definition) is 3. The number of anilines is 3. The van der Waals surface area contributed by atoms with Crippen LogP contribution in [0.1, 0.15) is 31.9 Å². The van der Waals surface area contributed by atoms with Gasteiger partial charge in [-0.2, -0.15) is 0 Å². The van der Waals surface area contributed by atoms with Crippen molar-refractivity contribution in [1.82, 2.24) is 15.0 Å². The summed E-state index contributed by atoms with van der Waals surface area (Å²) >= 11 is 1.44. The largest absolute Gasteiger partial charge is 0.508 e. The summed E-state index contributed by atoms with van der Waals surface area (Å²) in [7, 11) is 0. The number of nitrogen functional groups attached to an aromatic ring is 1. The Kier molecular flexibility index (Phi) is 4.61. The van der Waals surface area contributed by atoms with E-state index in [2.05, 4.69) is 34.1 Å². The third-order valence-corrected chi connectivity index (χ3v) is 4.66. The molecule has 1 atom stereocenters. The molecule has 2 heterocycles. The summed E-state index contributed by atoms with van der Waals surface area (Å²) in [6.45, 7) is 4.25. The number of rotatable bonds is 5. The van der Waals surface area contributed by atoms with E-state index in [0.717, 1.165) is 28.4 Å². The Morgan fingerprint density at radius 2 is 2.12 bits per heavy atom. The molecule has 0 aliphatic carbocycles. The fourth-order valence-corrected chi connectivity index (χ4v) is 3.24. The number of nitrogens with zero attached hydrogens (tertiary/aromatic N) is 3. The smallest absolute Gasteiger partial charge is 0.227 e. The molecule has 0 fully saturated rings. The summed E-state index contributed by atoms with van der Waals surface area (Å²) in [5, 5.41) is 13.2. The lowest BCUT2D eigenvalue weighted by Crippen LogP contribution is -1.99. The van der Waals surface area contributed by atoms with Crippen LogP contribution < -0.4 is 11.1 Å². The lowest BCUT2D eigenvalue weighted by Gasteiger charge is -2.09. The van der Waals surface area contributed by atoms with Gasteiger partial charge in [0.15, 0.2) is 5.13 Å². The van der Waals surface area contributed by atoms with Gasteiger partial charge in [-0.25, -0.2) is 15.0 Å². The maximum absolute atomic E-state index is 9.55. The average molecular weight is 341 g/mol. The van der Waals surface area contributed by atoms with E-state index in [1.165, 1.54) is 11.3 Å². The standard InChI is InChI=1S/C17H19N5OS/c1-3-10(2)14-15(24-16(18)22-14)13-7-8-19-17(21-13)20-11-5-4-6-12(23)9-11/h4-10,23H,3H2,1-2H3,(H2,18,22)(H,19,20,21). The summed E-state index contributed by atoms with van der Waals surface area (Å²) < 4.78 is 0. The Bertz CT molecular complexity index is 849. The molecule has 0 spiro atoms. The van der Waals surface area contributed by atoms with Crippen molar-refractivity contribution >= 4 is 28.1 Å². The second-order valence-corrected chi connectivity index (χ2v) is 6.55. The molecule has 0 bridgehead atoms. The molecule has 0 radical (unpaired) electrons. The van der Waals surface area contributed by atoms with Crippen LogP contribution in [0.3, 0.4) is 0 Å². The molecule has 0 saturated carbocycles. The van der Waals surface area contributed by atoms with Crippen LogP contribution in [0.15, 0.2) is 36.5 Å². The summed E-state index contributed by atoms with van der Waals surface area (Å²) in [6, 6.07) is 8.68. The van der Waals surface area contributed by atoms with Crippen LogP contribution in [0.25, 0.3) is 10.6 Å². The van der Waals surface area contributed by atoms with Crippen molar-refractivity contribution in [3.63, 3.8) is 0 Å². The van der Waals surface area contributed by atoms with E-state index in [0.29, 0.717) is 17.0 Å². The van der Waals surface area contributed by atoms with Crippen LogP contribution in [-0.4, -0.2) is 20.1 Å². The predicted molar refractivity (Wildman–Crippen MR) is 97.6 cm³/mol. The van der Waals surface area contributed by atoms with Crippen molar-refractivity contribution in [2.75, 3.05) is 11.1 Å². The number of nitrogens with one attached hydrogen (secondary N) is 1. The molecule has 3 aromatic rings. The van der Waals surface area contributed by atoms with Gasteiger partial charge in [0, 0.05) is 18.0 Å². The molecular weight excluding hydrogens is 322 g/mol. The normalized spacial score (nSPS) is 12.1. The molecule has 7 heteroatoms. The molecule has 3 rings (SSSR count). The summed E-state index contributed by atoms with van der Waals surface area (Å²) in [4.78, 5) is 14.3. The predicted octanol–water partition coefficient (Wildman–Crippen LogP) is 4.15. The number of phenolic OH excluding ortho intramolecular Hbond substituents is 1. The Hall–Kier alpha value is -2.67. The molecule has 0 aliphatic heterocycles. The monoisotopic (exact) mass is 341 g/mol. The highest BCUT2D eigenvalue weighted by molar-refractivity contribution is 7.18. The Morgan fingerprint density at radius 3 is 2.88 bits per heavy atom. The lowest BCUT2D eigenvalue weighted by atomic mass is 10.0. The highest BCUT2D eigenvalue weighted by atomic mass is 32.1. The molecule has 0 amide bonds. The van der Waals surface area contributed by atoms with E-state index in [9.17, 15) is 5.11 Å². The van der Waals surface area contributed by atoms with Gasteiger partial charge in [-0.3, -0.25) is 0 Å². The molecule has 6 nitrogen and oxygen atoms in total. The highest BCUT2D eigenvalue weighted by Crippen LogP contribution is 2.36. The zero-order valence-corrected chi connectivity index (χ0v) is 14.3. The Balaban J connectivity index is 1.94. The molecule has 2 aromatic heterocycles. The van der Waals surface area contributed by atoms with E-state index < -0.39 is 0 Å². The van der Waals surface area contributed by atoms with Crippen LogP contribution >= 0.6 is 11.3 Å². The van der Waals surface area contributed by atoms with Crippen molar-refractivity contribution in [3.8, 4) is 16.3 Å². The molecule has 4 N–H and O–H groups in total. The zero-order chi connectivity index (χ0) is 17.1. The summed E-state index contributed by atoms with van der Waals surface area (Å²) in [5.74, 6) is 0.955. The number of thiazole rings is 1. The first-order valence-electron chi connectivity index (χ1n) is 7.72. The zero-order valence-electron chi connectivity index (χ0n) is 13.5. The van der Waals surface area contributed by atoms with Gasteiger partial charge in [0.2, 0.25) is 5.95 Å². The number of nitrogens with two attached hydrogens (primary N) is 1. The van der Waals surface area contributed by atoms with Gasteiger partial charge in [0.25, 0.3) is 0 Å². The first-order chi connectivity index (χ1) is 11.6. The fraction of sp³-hybridized carbons (Fsp3) is 0.235. The van der Waals surface area contributed by atoms with Crippen molar-refractivity contribution < 1.29 is 5.11 Å². The molecule has 1 unspecified atom stereocenters. The SMILES string of the molecule is CCC(C)c1nc(N)sc1-c1ccnc(Nc2cccc(O)c2)n1. The number of aromatic hydroxyl groups is 1. The van der Waals surface area contributed by atoms with E-state index in [1.807, 2.05) is 12.1 Å². The third kappa shape index (κ3) is 3.46. The second kappa shape index (κ2) is 6.84. The van der Waals surface area contributed by atoms with Crippen molar-refractivity contribution in [1.29, 1.82) is 0 Å². The van der Waals surface area contributed by atoms with Crippen molar-refractivity contribution in [2.45, 2.75) is 26.2 Å². The van der Waals surface area contributed by atoms with Crippen LogP contribution in [-0.2, 0) is 0 Å². The van der Waals surface area contributed by atoms with Gasteiger partial charge in [0.1, 0.15) is 5.75 Å². The van der Waals surface area contributed by atoms with Gasteiger partial charge in [-0.1, -0.05) is 31.3 Å².